The first-order valence-corrected chi connectivity index (χ1v) is 7.77. The summed E-state index contributed by atoms with van der Waals surface area (Å²) >= 11 is 0. The Morgan fingerprint density at radius 2 is 2.14 bits per heavy atom. The van der Waals surface area contributed by atoms with E-state index in [9.17, 15) is 9.18 Å². The van der Waals surface area contributed by atoms with Crippen LogP contribution in [0.1, 0.15) is 38.2 Å². The summed E-state index contributed by atoms with van der Waals surface area (Å²) in [5.41, 5.74) is 0.885. The maximum Gasteiger partial charge on any atom is 0.234 e. The van der Waals surface area contributed by atoms with E-state index in [0.717, 1.165) is 12.0 Å². The molecule has 1 aromatic carbocycles. The monoisotopic (exact) mass is 292 g/mol. The van der Waals surface area contributed by atoms with Gasteiger partial charge in [-0.25, -0.2) is 4.39 Å². The van der Waals surface area contributed by atoms with Crippen molar-refractivity contribution in [1.29, 1.82) is 0 Å². The summed E-state index contributed by atoms with van der Waals surface area (Å²) in [4.78, 5) is 14.0. The van der Waals surface area contributed by atoms with E-state index in [4.69, 9.17) is 0 Å². The molecule has 0 radical (unpaired) electrons. The van der Waals surface area contributed by atoms with E-state index in [0.29, 0.717) is 25.0 Å². The maximum absolute atomic E-state index is 13.1. The number of benzene rings is 1. The third kappa shape index (κ3) is 5.12. The number of amides is 1. The number of likely N-dealkylation sites (N-methyl/N-ethyl adjacent to an activating group) is 1. The molecule has 1 aliphatic carbocycles. The number of nitrogens with one attached hydrogen (secondary N) is 1. The van der Waals surface area contributed by atoms with Crippen LogP contribution in [-0.4, -0.2) is 30.4 Å². The molecule has 2 atom stereocenters. The van der Waals surface area contributed by atoms with Crippen molar-refractivity contribution >= 4 is 5.91 Å². The van der Waals surface area contributed by atoms with Crippen molar-refractivity contribution < 1.29 is 9.18 Å². The normalized spacial score (nSPS) is 22.3. The lowest BCUT2D eigenvalue weighted by Crippen LogP contribution is -2.44. The summed E-state index contributed by atoms with van der Waals surface area (Å²) in [5.74, 6) is 0.394. The molecule has 1 saturated carbocycles. The van der Waals surface area contributed by atoms with Crippen LogP contribution in [0.15, 0.2) is 24.3 Å². The SMILES string of the molecule is C[C@@H]1CCCC[C@H]1NC(=O)CN(C)Cc1cccc(F)c1. The average Bonchev–Trinajstić information content (AvgIpc) is 2.41. The minimum atomic E-state index is -0.235. The highest BCUT2D eigenvalue weighted by Crippen LogP contribution is 2.23. The zero-order valence-corrected chi connectivity index (χ0v) is 12.9. The maximum atomic E-state index is 13.1. The Morgan fingerprint density at radius 1 is 1.38 bits per heavy atom. The van der Waals surface area contributed by atoms with Crippen LogP contribution in [0.3, 0.4) is 0 Å². The van der Waals surface area contributed by atoms with Gasteiger partial charge in [-0.3, -0.25) is 9.69 Å². The van der Waals surface area contributed by atoms with Gasteiger partial charge < -0.3 is 5.32 Å². The molecule has 0 aliphatic heterocycles. The topological polar surface area (TPSA) is 32.3 Å². The van der Waals surface area contributed by atoms with Crippen LogP contribution in [0, 0.1) is 11.7 Å². The van der Waals surface area contributed by atoms with E-state index < -0.39 is 0 Å². The van der Waals surface area contributed by atoms with Gasteiger partial charge in [-0.2, -0.15) is 0 Å². The van der Waals surface area contributed by atoms with Crippen LogP contribution in [0.2, 0.25) is 0 Å². The molecule has 1 aromatic rings. The van der Waals surface area contributed by atoms with Gasteiger partial charge in [0.1, 0.15) is 5.82 Å². The lowest BCUT2D eigenvalue weighted by molar-refractivity contribution is -0.123. The first kappa shape index (κ1) is 16.0. The molecule has 3 nitrogen and oxygen atoms in total. The summed E-state index contributed by atoms with van der Waals surface area (Å²) < 4.78 is 13.1. The van der Waals surface area contributed by atoms with Crippen LogP contribution in [0.5, 0.6) is 0 Å². The number of rotatable bonds is 5. The molecule has 0 aromatic heterocycles. The summed E-state index contributed by atoms with van der Waals surface area (Å²) in [6, 6.07) is 6.83. The average molecular weight is 292 g/mol. The van der Waals surface area contributed by atoms with Crippen molar-refractivity contribution in [3.63, 3.8) is 0 Å². The number of carbonyl (C=O) groups excluding carboxylic acids is 1. The van der Waals surface area contributed by atoms with Crippen molar-refractivity contribution in [2.45, 2.75) is 45.2 Å². The van der Waals surface area contributed by atoms with Gasteiger partial charge in [-0.1, -0.05) is 31.9 Å². The zero-order valence-electron chi connectivity index (χ0n) is 12.9. The van der Waals surface area contributed by atoms with Gasteiger partial charge >= 0.3 is 0 Å². The minimum absolute atomic E-state index is 0.0626. The third-order valence-corrected chi connectivity index (χ3v) is 4.21. The van der Waals surface area contributed by atoms with E-state index in [1.165, 1.54) is 31.4 Å². The molecule has 0 unspecified atom stereocenters. The zero-order chi connectivity index (χ0) is 15.2. The van der Waals surface area contributed by atoms with Crippen molar-refractivity contribution in [2.24, 2.45) is 5.92 Å². The van der Waals surface area contributed by atoms with Gasteiger partial charge in [-0.05, 0) is 43.5 Å². The van der Waals surface area contributed by atoms with Crippen LogP contribution < -0.4 is 5.32 Å². The molecule has 4 heteroatoms. The fourth-order valence-corrected chi connectivity index (χ4v) is 3.03. The highest BCUT2D eigenvalue weighted by Gasteiger charge is 2.22. The van der Waals surface area contributed by atoms with Gasteiger partial charge in [0.05, 0.1) is 6.54 Å². The lowest BCUT2D eigenvalue weighted by atomic mass is 9.86. The number of nitrogens with zero attached hydrogens (tertiary/aromatic N) is 1. The van der Waals surface area contributed by atoms with Crippen molar-refractivity contribution in [3.8, 4) is 0 Å². The van der Waals surface area contributed by atoms with E-state index >= 15 is 0 Å². The predicted octanol–water partition coefficient (Wildman–Crippen LogP) is 2.95. The Kier molecular flexibility index (Phi) is 5.74. The Balaban J connectivity index is 1.79. The van der Waals surface area contributed by atoms with Crippen LogP contribution in [0.4, 0.5) is 4.39 Å². The molecule has 0 bridgehead atoms. The van der Waals surface area contributed by atoms with Gasteiger partial charge in [0.15, 0.2) is 0 Å². The van der Waals surface area contributed by atoms with Gasteiger partial charge in [-0.15, -0.1) is 0 Å². The van der Waals surface area contributed by atoms with E-state index in [-0.39, 0.29) is 11.7 Å². The van der Waals surface area contributed by atoms with Crippen molar-refractivity contribution in [2.75, 3.05) is 13.6 Å². The minimum Gasteiger partial charge on any atom is -0.352 e. The molecule has 1 N–H and O–H groups in total. The number of halogens is 1. The highest BCUT2D eigenvalue weighted by molar-refractivity contribution is 5.78. The Hall–Kier alpha value is -1.42. The predicted molar refractivity (Wildman–Crippen MR) is 82.3 cm³/mol. The molecule has 21 heavy (non-hydrogen) atoms. The van der Waals surface area contributed by atoms with Gasteiger partial charge in [0.2, 0.25) is 5.91 Å². The molecular weight excluding hydrogens is 267 g/mol. The van der Waals surface area contributed by atoms with Crippen LogP contribution in [-0.2, 0) is 11.3 Å². The highest BCUT2D eigenvalue weighted by atomic mass is 19.1. The third-order valence-electron chi connectivity index (χ3n) is 4.21. The standard InChI is InChI=1S/C17H25FN2O/c1-13-6-3-4-9-16(13)19-17(21)12-20(2)11-14-7-5-8-15(18)10-14/h5,7-8,10,13,16H,3-4,6,9,11-12H2,1-2H3,(H,19,21)/t13-,16-/m1/s1. The fraction of sp³-hybridized carbons (Fsp3) is 0.588. The molecule has 0 saturated heterocycles. The molecule has 2 rings (SSSR count). The number of hydrogen-bond donors (Lipinski definition) is 1. The fourth-order valence-electron chi connectivity index (χ4n) is 3.03. The summed E-state index contributed by atoms with van der Waals surface area (Å²) in [6.07, 6.45) is 4.76. The molecule has 1 aliphatic rings. The molecule has 1 fully saturated rings. The first-order valence-electron chi connectivity index (χ1n) is 7.77. The van der Waals surface area contributed by atoms with E-state index in [1.807, 2.05) is 18.0 Å². The van der Waals surface area contributed by atoms with E-state index in [2.05, 4.69) is 12.2 Å². The van der Waals surface area contributed by atoms with Crippen molar-refractivity contribution in [1.82, 2.24) is 10.2 Å². The Morgan fingerprint density at radius 3 is 2.86 bits per heavy atom. The Bertz CT molecular complexity index is 478. The Labute approximate surface area is 126 Å². The molecule has 0 spiro atoms. The smallest absolute Gasteiger partial charge is 0.234 e. The van der Waals surface area contributed by atoms with Crippen LogP contribution in [0.25, 0.3) is 0 Å². The van der Waals surface area contributed by atoms with Crippen LogP contribution >= 0.6 is 0 Å². The largest absolute Gasteiger partial charge is 0.352 e. The number of carbonyl (C=O) groups is 1. The van der Waals surface area contributed by atoms with Crippen molar-refractivity contribution in [3.05, 3.63) is 35.6 Å². The van der Waals surface area contributed by atoms with Gasteiger partial charge in [0, 0.05) is 12.6 Å². The lowest BCUT2D eigenvalue weighted by Gasteiger charge is -2.30. The molecule has 1 amide bonds. The second kappa shape index (κ2) is 7.55. The first-order chi connectivity index (χ1) is 10.0. The summed E-state index contributed by atoms with van der Waals surface area (Å²) in [6.45, 7) is 3.13. The molecule has 116 valence electrons. The molecule has 0 heterocycles. The van der Waals surface area contributed by atoms with Gasteiger partial charge in [0.25, 0.3) is 0 Å². The quantitative estimate of drug-likeness (QED) is 0.905. The molecular formula is C17H25FN2O. The second-order valence-corrected chi connectivity index (χ2v) is 6.24. The van der Waals surface area contributed by atoms with E-state index in [1.54, 1.807) is 6.07 Å². The number of hydrogen-bond acceptors (Lipinski definition) is 2. The second-order valence-electron chi connectivity index (χ2n) is 6.24. The summed E-state index contributed by atoms with van der Waals surface area (Å²) in [7, 11) is 1.88. The summed E-state index contributed by atoms with van der Waals surface area (Å²) in [5, 5.41) is 3.14.